The molecule has 1 aromatic heterocycles. The molecule has 1 aromatic carbocycles. The Bertz CT molecular complexity index is 964. The molecule has 0 bridgehead atoms. The maximum Gasteiger partial charge on any atom is 0.395 e. The number of aromatic nitrogens is 2. The molecule has 2 fully saturated rings. The van der Waals surface area contributed by atoms with Crippen molar-refractivity contribution in [1.29, 1.82) is 0 Å². The molecule has 0 saturated carbocycles. The van der Waals surface area contributed by atoms with Crippen LogP contribution in [0.15, 0.2) is 22.6 Å². The van der Waals surface area contributed by atoms with Gasteiger partial charge in [0, 0.05) is 25.3 Å². The Labute approximate surface area is 186 Å². The number of hydrogen-bond acceptors (Lipinski definition) is 7. The van der Waals surface area contributed by atoms with Gasteiger partial charge in [-0.05, 0) is 24.6 Å². The molecule has 14 heteroatoms. The average Bonchev–Trinajstić information content (AvgIpc) is 3.17. The van der Waals surface area contributed by atoms with Crippen molar-refractivity contribution in [2.24, 2.45) is 5.92 Å². The first-order valence-electron chi connectivity index (χ1n) is 9.94. The number of carbonyl (C=O) groups is 1. The zero-order valence-corrected chi connectivity index (χ0v) is 18.6. The number of rotatable bonds is 6. The summed E-state index contributed by atoms with van der Waals surface area (Å²) in [6.45, 7) is -0.611. The Hall–Kier alpha value is -2.38. The van der Waals surface area contributed by atoms with Crippen LogP contribution in [-0.4, -0.2) is 57.1 Å². The van der Waals surface area contributed by atoms with E-state index in [0.717, 1.165) is 12.1 Å². The number of halogens is 5. The Morgan fingerprint density at radius 2 is 2.16 bits per heavy atom. The van der Waals surface area contributed by atoms with Crippen molar-refractivity contribution >= 4 is 32.5 Å². The van der Waals surface area contributed by atoms with Gasteiger partial charge in [-0.1, -0.05) is 16.7 Å². The van der Waals surface area contributed by atoms with Gasteiger partial charge < -0.3 is 24.4 Å². The molecule has 2 aliphatic heterocycles. The van der Waals surface area contributed by atoms with E-state index in [4.69, 9.17) is 20.8 Å². The molecule has 2 saturated heterocycles. The number of benzene rings is 1. The molecule has 2 aliphatic rings. The van der Waals surface area contributed by atoms with Gasteiger partial charge in [-0.3, -0.25) is 4.79 Å². The van der Waals surface area contributed by atoms with Gasteiger partial charge in [0.2, 0.25) is 11.8 Å². The molecule has 3 heterocycles. The highest BCUT2D eigenvalue weighted by Crippen LogP contribution is 2.36. The van der Waals surface area contributed by atoms with Crippen molar-refractivity contribution in [2.75, 3.05) is 30.8 Å². The van der Waals surface area contributed by atoms with Crippen LogP contribution in [0.3, 0.4) is 0 Å². The van der Waals surface area contributed by atoms with Gasteiger partial charge in [-0.15, -0.1) is 5.10 Å². The Kier molecular flexibility index (Phi) is 6.58. The van der Waals surface area contributed by atoms with Gasteiger partial charge in [0.05, 0.1) is 17.0 Å². The summed E-state index contributed by atoms with van der Waals surface area (Å²) in [5, 5.41) is 11.0. The molecule has 8 nitrogen and oxygen atoms in total. The van der Waals surface area contributed by atoms with E-state index in [1.165, 1.54) is 17.0 Å². The second kappa shape index (κ2) is 9.23. The van der Waals surface area contributed by atoms with Crippen LogP contribution in [0.1, 0.15) is 18.4 Å². The first kappa shape index (κ1) is 22.8. The topological polar surface area (TPSA) is 92.5 Å². The lowest BCUT2D eigenvalue weighted by atomic mass is 10.0. The fourth-order valence-electron chi connectivity index (χ4n) is 3.51. The summed E-state index contributed by atoms with van der Waals surface area (Å²) in [4.78, 5) is 16.5. The largest absolute Gasteiger partial charge is 0.484 e. The zero-order valence-electron chi connectivity index (χ0n) is 16.7. The first-order valence-corrected chi connectivity index (χ1v) is 12.5. The predicted molar refractivity (Wildman–Crippen MR) is 108 cm³/mol. The van der Waals surface area contributed by atoms with E-state index in [1.54, 1.807) is 0 Å². The standard InChI is InChI=1S/C18H20ClF4N5O3Si/c19-12-2-1-11(5-13(12)20)30-8-15(29)27-32-4-3-14(24-9-32)16-25-26-17(31-16)28-6-10(7-28)18(21,22)23/h1-2,5,10,14,24,32H,3-4,6-9H2,(H,27,29)/t14-,32+/m1/s1. The highest BCUT2D eigenvalue weighted by Gasteiger charge is 2.48. The number of nitrogens with zero attached hydrogens (tertiary/aromatic N) is 3. The fraction of sp³-hybridized carbons (Fsp3) is 0.500. The fourth-order valence-corrected chi connectivity index (χ4v) is 5.92. The van der Waals surface area contributed by atoms with Crippen LogP contribution in [0.2, 0.25) is 11.1 Å². The minimum Gasteiger partial charge on any atom is -0.484 e. The Morgan fingerprint density at radius 3 is 2.81 bits per heavy atom. The van der Waals surface area contributed by atoms with Crippen molar-refractivity contribution in [3.63, 3.8) is 0 Å². The van der Waals surface area contributed by atoms with Crippen molar-refractivity contribution in [3.05, 3.63) is 34.9 Å². The highest BCUT2D eigenvalue weighted by molar-refractivity contribution is 6.59. The number of carbonyl (C=O) groups excluding carboxylic acids is 1. The molecule has 32 heavy (non-hydrogen) atoms. The van der Waals surface area contributed by atoms with Gasteiger partial charge in [0.1, 0.15) is 11.6 Å². The summed E-state index contributed by atoms with van der Waals surface area (Å²) in [6.07, 6.45) is -3.00. The van der Waals surface area contributed by atoms with Crippen LogP contribution in [0.25, 0.3) is 0 Å². The number of hydrogen-bond donors (Lipinski definition) is 2. The predicted octanol–water partition coefficient (Wildman–Crippen LogP) is 2.35. The van der Waals surface area contributed by atoms with Crippen LogP contribution in [-0.2, 0) is 4.79 Å². The third-order valence-electron chi connectivity index (χ3n) is 5.38. The third kappa shape index (κ3) is 5.32. The van der Waals surface area contributed by atoms with Gasteiger partial charge >= 0.3 is 12.2 Å². The van der Waals surface area contributed by atoms with E-state index in [0.29, 0.717) is 18.5 Å². The first-order chi connectivity index (χ1) is 15.2. The van der Waals surface area contributed by atoms with Crippen LogP contribution in [0, 0.1) is 11.7 Å². The van der Waals surface area contributed by atoms with Gasteiger partial charge in [0.25, 0.3) is 0 Å². The lowest BCUT2D eigenvalue weighted by molar-refractivity contribution is -0.180. The van der Waals surface area contributed by atoms with Gasteiger partial charge in [0.15, 0.2) is 15.6 Å². The number of amides is 1. The monoisotopic (exact) mass is 493 g/mol. The molecule has 174 valence electrons. The molecule has 0 spiro atoms. The number of ether oxygens (including phenoxy) is 1. The van der Waals surface area contributed by atoms with Crippen molar-refractivity contribution in [2.45, 2.75) is 24.7 Å². The van der Waals surface area contributed by atoms with E-state index in [2.05, 4.69) is 20.5 Å². The van der Waals surface area contributed by atoms with E-state index in [-0.39, 0.29) is 48.4 Å². The molecule has 1 amide bonds. The number of nitrogens with one attached hydrogen (secondary N) is 2. The molecule has 0 radical (unpaired) electrons. The van der Waals surface area contributed by atoms with Gasteiger partial charge in [-0.25, -0.2) is 4.39 Å². The quantitative estimate of drug-likeness (QED) is 0.471. The molecule has 0 aliphatic carbocycles. The smallest absolute Gasteiger partial charge is 0.395 e. The summed E-state index contributed by atoms with van der Waals surface area (Å²) in [7, 11) is -1.64. The summed E-state index contributed by atoms with van der Waals surface area (Å²) < 4.78 is 62.1. The average molecular weight is 494 g/mol. The summed E-state index contributed by atoms with van der Waals surface area (Å²) in [5.74, 6) is -1.76. The normalized spacial score (nSPS) is 21.8. The van der Waals surface area contributed by atoms with E-state index in [9.17, 15) is 22.4 Å². The lowest BCUT2D eigenvalue weighted by Crippen LogP contribution is -2.53. The molecule has 2 aromatic rings. The number of alkyl halides is 3. The Morgan fingerprint density at radius 1 is 1.38 bits per heavy atom. The lowest BCUT2D eigenvalue weighted by Gasteiger charge is -2.38. The highest BCUT2D eigenvalue weighted by atomic mass is 35.5. The van der Waals surface area contributed by atoms with Crippen LogP contribution in [0.5, 0.6) is 5.75 Å². The van der Waals surface area contributed by atoms with Crippen molar-refractivity contribution in [3.8, 4) is 5.75 Å². The molecule has 4 rings (SSSR count). The summed E-state index contributed by atoms with van der Waals surface area (Å²) in [6, 6.07) is 4.57. The second-order valence-corrected chi connectivity index (χ2v) is 10.8. The van der Waals surface area contributed by atoms with E-state index in [1.807, 2.05) is 0 Å². The van der Waals surface area contributed by atoms with Gasteiger partial charge in [-0.2, -0.15) is 13.2 Å². The SMILES string of the molecule is O=C(COc1ccc(Cl)c(F)c1)N[Si@H]1CC[C@H](c2nnc(N3CC(C(F)(F)F)C3)o2)NC1. The molecular formula is C18H20ClF4N5O3Si. The maximum absolute atomic E-state index is 13.4. The van der Waals surface area contributed by atoms with Crippen LogP contribution in [0.4, 0.5) is 23.6 Å². The van der Waals surface area contributed by atoms with Crippen LogP contribution >= 0.6 is 11.6 Å². The molecule has 2 N–H and O–H groups in total. The number of anilines is 1. The third-order valence-corrected chi connectivity index (χ3v) is 8.18. The zero-order chi connectivity index (χ0) is 22.9. The summed E-state index contributed by atoms with van der Waals surface area (Å²) >= 11 is 5.61. The minimum absolute atomic E-state index is 0.0270. The maximum atomic E-state index is 13.4. The second-order valence-electron chi connectivity index (χ2n) is 7.73. The van der Waals surface area contributed by atoms with E-state index >= 15 is 0 Å². The Balaban J connectivity index is 1.19. The molecule has 2 atom stereocenters. The van der Waals surface area contributed by atoms with Crippen LogP contribution < -0.4 is 19.9 Å². The minimum atomic E-state index is -4.22. The summed E-state index contributed by atoms with van der Waals surface area (Å²) in [5.41, 5.74) is 0. The van der Waals surface area contributed by atoms with Crippen molar-refractivity contribution < 1.29 is 31.5 Å². The van der Waals surface area contributed by atoms with E-state index < -0.39 is 26.9 Å². The van der Waals surface area contributed by atoms with Crippen molar-refractivity contribution in [1.82, 2.24) is 20.5 Å². The molecule has 0 unspecified atom stereocenters. The molecular weight excluding hydrogens is 474 g/mol.